The second kappa shape index (κ2) is 4.49. The molecule has 5 heteroatoms. The van der Waals surface area contributed by atoms with E-state index < -0.39 is 0 Å². The molecule has 94 valence electrons. The van der Waals surface area contributed by atoms with Crippen molar-refractivity contribution in [2.45, 2.75) is 19.4 Å². The molecule has 0 bridgehead atoms. The Kier molecular flexibility index (Phi) is 2.83. The Morgan fingerprint density at radius 3 is 2.94 bits per heavy atom. The van der Waals surface area contributed by atoms with Crippen LogP contribution < -0.4 is 5.73 Å². The van der Waals surface area contributed by atoms with Crippen LogP contribution in [-0.4, -0.2) is 21.3 Å². The first-order chi connectivity index (χ1) is 8.79. The molecule has 1 aromatic carbocycles. The van der Waals surface area contributed by atoms with Crippen molar-refractivity contribution in [3.63, 3.8) is 0 Å². The van der Waals surface area contributed by atoms with Gasteiger partial charge in [0, 0.05) is 13.0 Å². The molecule has 1 atom stereocenters. The van der Waals surface area contributed by atoms with Crippen LogP contribution in [0, 0.1) is 11.7 Å². The van der Waals surface area contributed by atoms with Gasteiger partial charge >= 0.3 is 0 Å². The van der Waals surface area contributed by atoms with Gasteiger partial charge in [-0.25, -0.2) is 4.39 Å². The molecule has 1 aliphatic rings. The third-order valence-electron chi connectivity index (χ3n) is 3.51. The first-order valence-electron chi connectivity index (χ1n) is 6.16. The highest BCUT2D eigenvalue weighted by Crippen LogP contribution is 2.26. The van der Waals surface area contributed by atoms with Gasteiger partial charge in [0.15, 0.2) is 5.82 Å². The lowest BCUT2D eigenvalue weighted by Crippen LogP contribution is -2.25. The topological polar surface area (TPSA) is 56.7 Å². The number of hydrogen-bond donors (Lipinski definition) is 1. The van der Waals surface area contributed by atoms with Crippen LogP contribution in [0.3, 0.4) is 0 Å². The molecule has 0 aliphatic carbocycles. The lowest BCUT2D eigenvalue weighted by molar-refractivity contribution is 0.391. The van der Waals surface area contributed by atoms with Crippen LogP contribution in [0.1, 0.15) is 12.2 Å². The van der Waals surface area contributed by atoms with E-state index in [0.717, 1.165) is 25.2 Å². The molecule has 18 heavy (non-hydrogen) atoms. The third kappa shape index (κ3) is 1.80. The summed E-state index contributed by atoms with van der Waals surface area (Å²) < 4.78 is 15.8. The molecule has 2 N–H and O–H groups in total. The highest BCUT2D eigenvalue weighted by Gasteiger charge is 2.23. The Labute approximate surface area is 105 Å². The average Bonchev–Trinajstić information content (AvgIpc) is 2.82. The Hall–Kier alpha value is -1.75. The Morgan fingerprint density at radius 1 is 1.33 bits per heavy atom. The fourth-order valence-corrected chi connectivity index (χ4v) is 2.44. The molecular weight excluding hydrogens is 231 g/mol. The molecule has 0 spiro atoms. The number of fused-ring (bicyclic) bond motifs is 1. The molecule has 2 heterocycles. The zero-order valence-corrected chi connectivity index (χ0v) is 10.0. The van der Waals surface area contributed by atoms with Crippen molar-refractivity contribution in [1.82, 2.24) is 14.8 Å². The quantitative estimate of drug-likeness (QED) is 0.875. The van der Waals surface area contributed by atoms with E-state index in [9.17, 15) is 4.39 Å². The van der Waals surface area contributed by atoms with E-state index in [1.807, 2.05) is 10.6 Å². The van der Waals surface area contributed by atoms with E-state index in [-0.39, 0.29) is 5.82 Å². The van der Waals surface area contributed by atoms with Gasteiger partial charge < -0.3 is 10.3 Å². The van der Waals surface area contributed by atoms with E-state index in [1.54, 1.807) is 12.1 Å². The summed E-state index contributed by atoms with van der Waals surface area (Å²) >= 11 is 0. The van der Waals surface area contributed by atoms with Gasteiger partial charge in [-0.1, -0.05) is 12.1 Å². The molecular formula is C13H15FN4. The molecule has 0 amide bonds. The second-order valence-corrected chi connectivity index (χ2v) is 4.67. The number of hydrogen-bond acceptors (Lipinski definition) is 3. The van der Waals surface area contributed by atoms with Crippen molar-refractivity contribution in [2.24, 2.45) is 11.7 Å². The van der Waals surface area contributed by atoms with Gasteiger partial charge in [-0.3, -0.25) is 0 Å². The molecule has 0 saturated heterocycles. The lowest BCUT2D eigenvalue weighted by Gasteiger charge is -2.22. The number of aromatic nitrogens is 3. The molecule has 1 unspecified atom stereocenters. The summed E-state index contributed by atoms with van der Waals surface area (Å²) in [5.74, 6) is 1.75. The third-order valence-corrected chi connectivity index (χ3v) is 3.51. The van der Waals surface area contributed by atoms with Crippen LogP contribution in [0.5, 0.6) is 0 Å². The van der Waals surface area contributed by atoms with Crippen molar-refractivity contribution in [3.05, 3.63) is 35.9 Å². The number of benzene rings is 1. The summed E-state index contributed by atoms with van der Waals surface area (Å²) in [5, 5.41) is 8.29. The predicted octanol–water partition coefficient (Wildman–Crippen LogP) is 1.61. The van der Waals surface area contributed by atoms with E-state index in [0.29, 0.717) is 23.9 Å². The van der Waals surface area contributed by atoms with Gasteiger partial charge in [-0.15, -0.1) is 10.2 Å². The van der Waals surface area contributed by atoms with Crippen LogP contribution in [-0.2, 0) is 13.0 Å². The van der Waals surface area contributed by atoms with E-state index >= 15 is 0 Å². The van der Waals surface area contributed by atoms with Crippen molar-refractivity contribution >= 4 is 0 Å². The standard InChI is InChI=1S/C13H15FN4/c14-11-4-2-1-3-10(11)13-17-16-12-7-9(8-15)5-6-18(12)13/h1-4,9H,5-8,15H2. The SMILES string of the molecule is NCC1CCn2c(nnc2-c2ccccc2F)C1. The predicted molar refractivity (Wildman–Crippen MR) is 66.3 cm³/mol. The minimum absolute atomic E-state index is 0.256. The molecule has 3 rings (SSSR count). The molecule has 0 radical (unpaired) electrons. The second-order valence-electron chi connectivity index (χ2n) is 4.67. The first kappa shape index (κ1) is 11.3. The van der Waals surface area contributed by atoms with Gasteiger partial charge in [0.25, 0.3) is 0 Å². The monoisotopic (exact) mass is 246 g/mol. The minimum atomic E-state index is -0.256. The lowest BCUT2D eigenvalue weighted by atomic mass is 9.98. The first-order valence-corrected chi connectivity index (χ1v) is 6.16. The van der Waals surface area contributed by atoms with Crippen molar-refractivity contribution in [2.75, 3.05) is 6.54 Å². The molecule has 2 aromatic rings. The Balaban J connectivity index is 2.01. The summed E-state index contributed by atoms with van der Waals surface area (Å²) in [6, 6.07) is 6.67. The summed E-state index contributed by atoms with van der Waals surface area (Å²) in [4.78, 5) is 0. The maximum atomic E-state index is 13.8. The highest BCUT2D eigenvalue weighted by molar-refractivity contribution is 5.56. The number of rotatable bonds is 2. The zero-order valence-electron chi connectivity index (χ0n) is 10.0. The average molecular weight is 246 g/mol. The fraction of sp³-hybridized carbons (Fsp3) is 0.385. The van der Waals surface area contributed by atoms with Crippen molar-refractivity contribution in [3.8, 4) is 11.4 Å². The summed E-state index contributed by atoms with van der Waals surface area (Å²) in [6.07, 6.45) is 1.83. The van der Waals surface area contributed by atoms with Gasteiger partial charge in [-0.05, 0) is 31.0 Å². The summed E-state index contributed by atoms with van der Waals surface area (Å²) in [6.45, 7) is 1.48. The molecule has 4 nitrogen and oxygen atoms in total. The van der Waals surface area contributed by atoms with Gasteiger partial charge in [0.05, 0.1) is 5.56 Å². The van der Waals surface area contributed by atoms with E-state index in [1.165, 1.54) is 6.07 Å². The van der Waals surface area contributed by atoms with Crippen molar-refractivity contribution in [1.29, 1.82) is 0 Å². The molecule has 0 saturated carbocycles. The zero-order chi connectivity index (χ0) is 12.5. The minimum Gasteiger partial charge on any atom is -0.330 e. The van der Waals surface area contributed by atoms with Crippen molar-refractivity contribution < 1.29 is 4.39 Å². The largest absolute Gasteiger partial charge is 0.330 e. The summed E-state index contributed by atoms with van der Waals surface area (Å²) in [5.41, 5.74) is 6.20. The van der Waals surface area contributed by atoms with Crippen LogP contribution in [0.2, 0.25) is 0 Å². The number of nitrogens with two attached hydrogens (primary N) is 1. The Bertz CT molecular complexity index is 564. The van der Waals surface area contributed by atoms with Crippen LogP contribution >= 0.6 is 0 Å². The van der Waals surface area contributed by atoms with Gasteiger partial charge in [-0.2, -0.15) is 0 Å². The Morgan fingerprint density at radius 2 is 2.17 bits per heavy atom. The fourth-order valence-electron chi connectivity index (χ4n) is 2.44. The van der Waals surface area contributed by atoms with E-state index in [4.69, 9.17) is 5.73 Å². The van der Waals surface area contributed by atoms with Gasteiger partial charge in [0.2, 0.25) is 0 Å². The molecule has 1 aliphatic heterocycles. The highest BCUT2D eigenvalue weighted by atomic mass is 19.1. The van der Waals surface area contributed by atoms with Crippen LogP contribution in [0.25, 0.3) is 11.4 Å². The maximum Gasteiger partial charge on any atom is 0.166 e. The number of halogens is 1. The smallest absolute Gasteiger partial charge is 0.166 e. The normalized spacial score (nSPS) is 18.7. The van der Waals surface area contributed by atoms with E-state index in [2.05, 4.69) is 10.2 Å². The molecule has 0 fully saturated rings. The van der Waals surface area contributed by atoms with Crippen LogP contribution in [0.4, 0.5) is 4.39 Å². The number of nitrogens with zero attached hydrogens (tertiary/aromatic N) is 3. The van der Waals surface area contributed by atoms with Crippen LogP contribution in [0.15, 0.2) is 24.3 Å². The van der Waals surface area contributed by atoms with Gasteiger partial charge in [0.1, 0.15) is 11.6 Å². The molecule has 1 aromatic heterocycles. The maximum absolute atomic E-state index is 13.8. The summed E-state index contributed by atoms with van der Waals surface area (Å²) in [7, 11) is 0.